The number of hydrogen-bond acceptors (Lipinski definition) is 3. The highest BCUT2D eigenvalue weighted by Crippen LogP contribution is 2.32. The molecule has 0 amide bonds. The van der Waals surface area contributed by atoms with Gasteiger partial charge in [0.1, 0.15) is 11.5 Å². The van der Waals surface area contributed by atoms with Gasteiger partial charge in [-0.2, -0.15) is 13.2 Å². The minimum absolute atomic E-state index is 0.283. The van der Waals surface area contributed by atoms with E-state index in [1.165, 1.54) is 31.4 Å². The number of carbonyl (C=O) groups is 1. The van der Waals surface area contributed by atoms with Crippen LogP contribution in [0.2, 0.25) is 0 Å². The number of methoxy groups -OCH3 is 1. The standard InChI is InChI=1S/C15H11F3O3/c1-20-14(19)8-6-12-5-7-13(21-12)10-3-2-4-11(9-10)15(16,17)18/h2-9H,1H3/b8-6+. The first-order chi connectivity index (χ1) is 9.90. The van der Waals surface area contributed by atoms with Gasteiger partial charge in [-0.3, -0.25) is 0 Å². The first-order valence-electron chi connectivity index (χ1n) is 5.93. The summed E-state index contributed by atoms with van der Waals surface area (Å²) in [5.74, 6) is 0.0745. The van der Waals surface area contributed by atoms with Gasteiger partial charge < -0.3 is 9.15 Å². The lowest BCUT2D eigenvalue weighted by Gasteiger charge is -2.07. The Morgan fingerprint density at radius 3 is 2.67 bits per heavy atom. The van der Waals surface area contributed by atoms with Crippen molar-refractivity contribution in [3.05, 3.63) is 53.8 Å². The third-order valence-corrected chi connectivity index (χ3v) is 2.69. The van der Waals surface area contributed by atoms with Crippen molar-refractivity contribution < 1.29 is 27.1 Å². The first-order valence-corrected chi connectivity index (χ1v) is 5.93. The molecule has 0 unspecified atom stereocenters. The van der Waals surface area contributed by atoms with Gasteiger partial charge in [-0.05, 0) is 30.3 Å². The minimum atomic E-state index is -4.41. The van der Waals surface area contributed by atoms with Gasteiger partial charge in [0.05, 0.1) is 12.7 Å². The van der Waals surface area contributed by atoms with E-state index in [1.54, 1.807) is 6.07 Å². The van der Waals surface area contributed by atoms with Crippen LogP contribution in [0.15, 0.2) is 46.9 Å². The van der Waals surface area contributed by atoms with E-state index in [-0.39, 0.29) is 5.76 Å². The Bertz CT molecular complexity index is 669. The zero-order chi connectivity index (χ0) is 15.5. The Hall–Kier alpha value is -2.50. The Morgan fingerprint density at radius 1 is 1.24 bits per heavy atom. The van der Waals surface area contributed by atoms with E-state index in [4.69, 9.17) is 4.42 Å². The van der Waals surface area contributed by atoms with E-state index in [0.717, 1.165) is 18.2 Å². The highest BCUT2D eigenvalue weighted by Gasteiger charge is 2.30. The minimum Gasteiger partial charge on any atom is -0.466 e. The molecule has 0 aliphatic rings. The van der Waals surface area contributed by atoms with Gasteiger partial charge in [-0.15, -0.1) is 0 Å². The van der Waals surface area contributed by atoms with Crippen LogP contribution in [0.5, 0.6) is 0 Å². The molecule has 0 saturated carbocycles. The lowest BCUT2D eigenvalue weighted by atomic mass is 10.1. The van der Waals surface area contributed by atoms with Gasteiger partial charge in [-0.1, -0.05) is 12.1 Å². The van der Waals surface area contributed by atoms with Crippen LogP contribution in [0.25, 0.3) is 17.4 Å². The summed E-state index contributed by atoms with van der Waals surface area (Å²) in [6.45, 7) is 0. The third-order valence-electron chi connectivity index (χ3n) is 2.69. The zero-order valence-corrected chi connectivity index (χ0v) is 11.0. The molecule has 2 rings (SSSR count). The van der Waals surface area contributed by atoms with E-state index >= 15 is 0 Å². The molecule has 2 aromatic rings. The van der Waals surface area contributed by atoms with Crippen molar-refractivity contribution in [2.24, 2.45) is 0 Å². The normalized spacial score (nSPS) is 11.8. The summed E-state index contributed by atoms with van der Waals surface area (Å²) in [4.78, 5) is 10.9. The van der Waals surface area contributed by atoms with Crippen molar-refractivity contribution in [1.82, 2.24) is 0 Å². The molecular formula is C15H11F3O3. The number of carbonyl (C=O) groups excluding carboxylic acids is 1. The van der Waals surface area contributed by atoms with Gasteiger partial charge in [-0.25, -0.2) is 4.79 Å². The van der Waals surface area contributed by atoms with Crippen LogP contribution in [0, 0.1) is 0 Å². The van der Waals surface area contributed by atoms with E-state index in [1.807, 2.05) is 0 Å². The smallest absolute Gasteiger partial charge is 0.416 e. The van der Waals surface area contributed by atoms with Crippen LogP contribution in [-0.2, 0) is 15.7 Å². The van der Waals surface area contributed by atoms with Crippen LogP contribution in [-0.4, -0.2) is 13.1 Å². The molecule has 0 spiro atoms. The van der Waals surface area contributed by atoms with Crippen molar-refractivity contribution in [3.8, 4) is 11.3 Å². The summed E-state index contributed by atoms with van der Waals surface area (Å²) in [5, 5.41) is 0. The van der Waals surface area contributed by atoms with E-state index in [2.05, 4.69) is 4.74 Å². The maximum atomic E-state index is 12.6. The summed E-state index contributed by atoms with van der Waals surface area (Å²) in [6.07, 6.45) is -1.87. The number of benzene rings is 1. The van der Waals surface area contributed by atoms with Crippen molar-refractivity contribution in [2.45, 2.75) is 6.18 Å². The predicted octanol–water partition coefficient (Wildman–Crippen LogP) is 4.15. The van der Waals surface area contributed by atoms with Crippen molar-refractivity contribution in [3.63, 3.8) is 0 Å². The van der Waals surface area contributed by atoms with E-state index in [9.17, 15) is 18.0 Å². The molecule has 0 atom stereocenters. The van der Waals surface area contributed by atoms with Gasteiger partial charge in [0.15, 0.2) is 0 Å². The van der Waals surface area contributed by atoms with Crippen LogP contribution in [0.4, 0.5) is 13.2 Å². The molecule has 110 valence electrons. The largest absolute Gasteiger partial charge is 0.466 e. The topological polar surface area (TPSA) is 39.4 Å². The van der Waals surface area contributed by atoms with Gasteiger partial charge in [0.25, 0.3) is 0 Å². The molecule has 0 saturated heterocycles. The van der Waals surface area contributed by atoms with E-state index < -0.39 is 17.7 Å². The molecule has 1 heterocycles. The monoisotopic (exact) mass is 296 g/mol. The quantitative estimate of drug-likeness (QED) is 0.631. The second kappa shape index (κ2) is 5.87. The molecule has 0 fully saturated rings. The Kier molecular flexibility index (Phi) is 4.16. The molecule has 21 heavy (non-hydrogen) atoms. The Balaban J connectivity index is 2.26. The van der Waals surface area contributed by atoms with Crippen LogP contribution < -0.4 is 0 Å². The molecule has 0 aliphatic carbocycles. The molecule has 1 aromatic heterocycles. The fourth-order valence-electron chi connectivity index (χ4n) is 1.66. The average molecular weight is 296 g/mol. The molecule has 0 radical (unpaired) electrons. The van der Waals surface area contributed by atoms with Crippen molar-refractivity contribution >= 4 is 12.0 Å². The van der Waals surface area contributed by atoms with Crippen LogP contribution in [0.1, 0.15) is 11.3 Å². The van der Waals surface area contributed by atoms with Crippen LogP contribution in [0.3, 0.4) is 0 Å². The summed E-state index contributed by atoms with van der Waals surface area (Å²) in [6, 6.07) is 7.91. The Labute approximate surface area is 118 Å². The molecule has 1 aromatic carbocycles. The van der Waals surface area contributed by atoms with Crippen molar-refractivity contribution in [2.75, 3.05) is 7.11 Å². The van der Waals surface area contributed by atoms with Crippen LogP contribution >= 0.6 is 0 Å². The SMILES string of the molecule is COC(=O)/C=C/c1ccc(-c2cccc(C(F)(F)F)c2)o1. The molecule has 0 bridgehead atoms. The van der Waals surface area contributed by atoms with Gasteiger partial charge in [0, 0.05) is 11.6 Å². The van der Waals surface area contributed by atoms with Crippen molar-refractivity contribution in [1.29, 1.82) is 0 Å². The average Bonchev–Trinajstić information content (AvgIpc) is 2.93. The summed E-state index contributed by atoms with van der Waals surface area (Å²) in [7, 11) is 1.24. The Morgan fingerprint density at radius 2 is 2.00 bits per heavy atom. The number of hydrogen-bond donors (Lipinski definition) is 0. The fraction of sp³-hybridized carbons (Fsp3) is 0.133. The molecule has 6 heteroatoms. The number of ether oxygens (including phenoxy) is 1. The number of alkyl halides is 3. The van der Waals surface area contributed by atoms with Gasteiger partial charge in [0.2, 0.25) is 0 Å². The number of rotatable bonds is 3. The first kappa shape index (κ1) is 14.9. The third kappa shape index (κ3) is 3.75. The zero-order valence-electron chi connectivity index (χ0n) is 11.0. The number of esters is 1. The lowest BCUT2D eigenvalue weighted by molar-refractivity contribution is -0.137. The van der Waals surface area contributed by atoms with Gasteiger partial charge >= 0.3 is 12.1 Å². The maximum absolute atomic E-state index is 12.6. The molecular weight excluding hydrogens is 285 g/mol. The molecule has 0 aliphatic heterocycles. The fourth-order valence-corrected chi connectivity index (χ4v) is 1.66. The van der Waals surface area contributed by atoms with E-state index in [0.29, 0.717) is 11.3 Å². The number of halogens is 3. The predicted molar refractivity (Wildman–Crippen MR) is 70.2 cm³/mol. The highest BCUT2D eigenvalue weighted by atomic mass is 19.4. The maximum Gasteiger partial charge on any atom is 0.416 e. The summed E-state index contributed by atoms with van der Waals surface area (Å²) in [5.41, 5.74) is -0.439. The number of furan rings is 1. The summed E-state index contributed by atoms with van der Waals surface area (Å²) >= 11 is 0. The highest BCUT2D eigenvalue weighted by molar-refractivity contribution is 5.86. The second-order valence-electron chi connectivity index (χ2n) is 4.14. The second-order valence-corrected chi connectivity index (χ2v) is 4.14. The molecule has 3 nitrogen and oxygen atoms in total. The lowest BCUT2D eigenvalue weighted by Crippen LogP contribution is -2.04. The molecule has 0 N–H and O–H groups in total. The summed E-state index contributed by atoms with van der Waals surface area (Å²) < 4.78 is 47.7.